The van der Waals surface area contributed by atoms with E-state index in [1.807, 2.05) is 42.9 Å². The number of pyridine rings is 1. The van der Waals surface area contributed by atoms with Gasteiger partial charge in [-0.1, -0.05) is 38.6 Å². The third-order valence-electron chi connectivity index (χ3n) is 5.40. The SMILES string of the molecule is C=C/C=C(\C=NC)CNc1cc(N2CCN(c3ncccc3C)CC2)nc2c(Br)cnn12.CC. The number of allylic oxidation sites excluding steroid dienone is 2. The molecule has 0 aliphatic carbocycles. The highest BCUT2D eigenvalue weighted by molar-refractivity contribution is 9.10. The van der Waals surface area contributed by atoms with Crippen molar-refractivity contribution in [3.05, 3.63) is 64.9 Å². The predicted octanol–water partition coefficient (Wildman–Crippen LogP) is 4.77. The summed E-state index contributed by atoms with van der Waals surface area (Å²) in [6.07, 6.45) is 9.16. The zero-order valence-electron chi connectivity index (χ0n) is 20.4. The van der Waals surface area contributed by atoms with E-state index in [2.05, 4.69) is 71.8 Å². The lowest BCUT2D eigenvalue weighted by Crippen LogP contribution is -2.47. The van der Waals surface area contributed by atoms with Crippen LogP contribution >= 0.6 is 15.9 Å². The van der Waals surface area contributed by atoms with Crippen molar-refractivity contribution >= 4 is 45.2 Å². The molecule has 0 bridgehead atoms. The van der Waals surface area contributed by atoms with Crippen LogP contribution in [0.4, 0.5) is 17.5 Å². The van der Waals surface area contributed by atoms with Gasteiger partial charge in [0.2, 0.25) is 0 Å². The van der Waals surface area contributed by atoms with Crippen molar-refractivity contribution in [3.63, 3.8) is 0 Å². The Balaban J connectivity index is 0.00000158. The summed E-state index contributed by atoms with van der Waals surface area (Å²) in [7, 11) is 1.76. The van der Waals surface area contributed by atoms with E-state index in [0.29, 0.717) is 6.54 Å². The maximum atomic E-state index is 4.88. The lowest BCUT2D eigenvalue weighted by atomic mass is 10.2. The normalized spacial score (nSPS) is 14.3. The second kappa shape index (κ2) is 12.3. The minimum Gasteiger partial charge on any atom is -0.366 e. The van der Waals surface area contributed by atoms with Crippen LogP contribution in [-0.4, -0.2) is 65.6 Å². The third kappa shape index (κ3) is 5.83. The van der Waals surface area contributed by atoms with E-state index in [9.17, 15) is 0 Å². The summed E-state index contributed by atoms with van der Waals surface area (Å²) in [5.41, 5.74) is 3.01. The molecule has 180 valence electrons. The van der Waals surface area contributed by atoms with Crippen molar-refractivity contribution in [1.82, 2.24) is 19.6 Å². The molecule has 0 spiro atoms. The summed E-state index contributed by atoms with van der Waals surface area (Å²) in [4.78, 5) is 18.2. The van der Waals surface area contributed by atoms with E-state index >= 15 is 0 Å². The zero-order valence-corrected chi connectivity index (χ0v) is 22.0. The molecule has 9 heteroatoms. The molecule has 0 unspecified atom stereocenters. The first-order valence-electron chi connectivity index (χ1n) is 11.5. The number of nitrogens with zero attached hydrogens (tertiary/aromatic N) is 7. The topological polar surface area (TPSA) is 74.0 Å². The van der Waals surface area contributed by atoms with Gasteiger partial charge in [0.15, 0.2) is 5.65 Å². The van der Waals surface area contributed by atoms with Gasteiger partial charge in [-0.2, -0.15) is 9.61 Å². The summed E-state index contributed by atoms with van der Waals surface area (Å²) >= 11 is 3.58. The molecule has 0 saturated carbocycles. The minimum atomic E-state index is 0.603. The Hall–Kier alpha value is -3.20. The van der Waals surface area contributed by atoms with Crippen LogP contribution in [0, 0.1) is 6.92 Å². The molecule has 1 N–H and O–H groups in total. The van der Waals surface area contributed by atoms with Crippen molar-refractivity contribution in [2.45, 2.75) is 20.8 Å². The van der Waals surface area contributed by atoms with Crippen LogP contribution in [0.3, 0.4) is 0 Å². The highest BCUT2D eigenvalue weighted by Crippen LogP contribution is 2.26. The number of aromatic nitrogens is 4. The number of hydrogen-bond donors (Lipinski definition) is 1. The van der Waals surface area contributed by atoms with Crippen molar-refractivity contribution in [1.29, 1.82) is 0 Å². The molecule has 1 aliphatic heterocycles. The van der Waals surface area contributed by atoms with Gasteiger partial charge in [0.1, 0.15) is 17.5 Å². The lowest BCUT2D eigenvalue weighted by molar-refractivity contribution is 0.640. The van der Waals surface area contributed by atoms with Crippen LogP contribution in [0.5, 0.6) is 0 Å². The van der Waals surface area contributed by atoms with Crippen LogP contribution in [-0.2, 0) is 0 Å². The highest BCUT2D eigenvalue weighted by Gasteiger charge is 2.22. The number of aryl methyl sites for hydroxylation is 1. The van der Waals surface area contributed by atoms with Gasteiger partial charge < -0.3 is 15.1 Å². The monoisotopic (exact) mass is 524 g/mol. The number of fused-ring (bicyclic) bond motifs is 1. The first-order chi connectivity index (χ1) is 16.6. The molecule has 3 aromatic heterocycles. The molecule has 0 atom stereocenters. The van der Waals surface area contributed by atoms with Gasteiger partial charge in [-0.15, -0.1) is 0 Å². The molecule has 34 heavy (non-hydrogen) atoms. The molecule has 0 aromatic carbocycles. The predicted molar refractivity (Wildman–Crippen MR) is 147 cm³/mol. The van der Waals surface area contributed by atoms with Crippen LogP contribution < -0.4 is 15.1 Å². The molecule has 0 amide bonds. The molecule has 3 aromatic rings. The largest absolute Gasteiger partial charge is 0.366 e. The smallest absolute Gasteiger partial charge is 0.173 e. The van der Waals surface area contributed by atoms with Crippen molar-refractivity contribution in [2.24, 2.45) is 4.99 Å². The average Bonchev–Trinajstić information content (AvgIpc) is 3.25. The zero-order chi connectivity index (χ0) is 24.5. The van der Waals surface area contributed by atoms with E-state index in [0.717, 1.165) is 59.3 Å². The molecule has 8 nitrogen and oxygen atoms in total. The molecule has 4 heterocycles. The second-order valence-corrected chi connectivity index (χ2v) is 8.42. The quantitative estimate of drug-likeness (QED) is 0.354. The summed E-state index contributed by atoms with van der Waals surface area (Å²) in [5.74, 6) is 2.87. The highest BCUT2D eigenvalue weighted by atomic mass is 79.9. The third-order valence-corrected chi connectivity index (χ3v) is 5.96. The number of hydrogen-bond acceptors (Lipinski definition) is 7. The Morgan fingerprint density at radius 1 is 1.24 bits per heavy atom. The Morgan fingerprint density at radius 3 is 2.65 bits per heavy atom. The molecular formula is C25H33BrN8. The lowest BCUT2D eigenvalue weighted by Gasteiger charge is -2.36. The fraction of sp³-hybridized carbons (Fsp3) is 0.360. The van der Waals surface area contributed by atoms with Gasteiger partial charge in [0.05, 0.1) is 10.7 Å². The van der Waals surface area contributed by atoms with E-state index in [-0.39, 0.29) is 0 Å². The van der Waals surface area contributed by atoms with Gasteiger partial charge in [-0.05, 0) is 40.1 Å². The van der Waals surface area contributed by atoms with Gasteiger partial charge in [0.25, 0.3) is 0 Å². The molecule has 0 radical (unpaired) electrons. The summed E-state index contributed by atoms with van der Waals surface area (Å²) < 4.78 is 2.68. The van der Waals surface area contributed by atoms with E-state index < -0.39 is 0 Å². The molecule has 1 aliphatic rings. The number of halogens is 1. The summed E-state index contributed by atoms with van der Waals surface area (Å²) in [6.45, 7) is 14.0. The number of anilines is 3. The number of nitrogens with one attached hydrogen (secondary N) is 1. The second-order valence-electron chi connectivity index (χ2n) is 7.56. The first-order valence-corrected chi connectivity index (χ1v) is 12.3. The average molecular weight is 525 g/mol. The standard InChI is InChI=1S/C23H27BrN8.C2H6/c1-4-6-18(14-25-3)15-27-20-13-21(29-23-19(24)16-28-32(20)23)30-9-11-31(12-10-30)22-17(2)7-5-8-26-22;1-2/h4-8,13-14,16,27H,1,9-12,15H2,2-3H3;1-2H3/b18-6+,25-14?;. The first kappa shape index (κ1) is 25.4. The van der Waals surface area contributed by atoms with Crippen molar-refractivity contribution < 1.29 is 0 Å². The fourth-order valence-electron chi connectivity index (χ4n) is 3.82. The molecule has 4 rings (SSSR count). The number of aliphatic imine (C=N–C) groups is 1. The van der Waals surface area contributed by atoms with Crippen molar-refractivity contribution in [2.75, 3.05) is 54.9 Å². The van der Waals surface area contributed by atoms with Crippen molar-refractivity contribution in [3.8, 4) is 0 Å². The van der Waals surface area contributed by atoms with E-state index in [4.69, 9.17) is 4.98 Å². The summed E-state index contributed by atoms with van der Waals surface area (Å²) in [5, 5.41) is 7.95. The van der Waals surface area contributed by atoms with Crippen LogP contribution in [0.1, 0.15) is 19.4 Å². The Kier molecular flexibility index (Phi) is 9.21. The minimum absolute atomic E-state index is 0.603. The van der Waals surface area contributed by atoms with Crippen LogP contribution in [0.15, 0.2) is 64.4 Å². The van der Waals surface area contributed by atoms with Gasteiger partial charge in [-0.3, -0.25) is 4.99 Å². The van der Waals surface area contributed by atoms with Crippen LogP contribution in [0.2, 0.25) is 0 Å². The maximum Gasteiger partial charge on any atom is 0.173 e. The van der Waals surface area contributed by atoms with Crippen LogP contribution in [0.25, 0.3) is 5.65 Å². The molecular weight excluding hydrogens is 492 g/mol. The fourth-order valence-corrected chi connectivity index (χ4v) is 4.17. The number of piperazine rings is 1. The maximum absolute atomic E-state index is 4.88. The Bertz CT molecular complexity index is 1160. The molecule has 1 fully saturated rings. The summed E-state index contributed by atoms with van der Waals surface area (Å²) in [6, 6.07) is 6.15. The Morgan fingerprint density at radius 2 is 1.97 bits per heavy atom. The Labute approximate surface area is 210 Å². The molecule has 1 saturated heterocycles. The number of rotatable bonds is 7. The van der Waals surface area contributed by atoms with Gasteiger partial charge >= 0.3 is 0 Å². The van der Waals surface area contributed by atoms with E-state index in [1.54, 1.807) is 19.3 Å². The van der Waals surface area contributed by atoms with Gasteiger partial charge in [-0.25, -0.2) is 9.97 Å². The van der Waals surface area contributed by atoms with E-state index in [1.165, 1.54) is 5.56 Å². The van der Waals surface area contributed by atoms with Gasteiger partial charge in [0, 0.05) is 58.2 Å².